The van der Waals surface area contributed by atoms with Crippen LogP contribution >= 0.6 is 15.9 Å². The molecule has 0 fully saturated rings. The van der Waals surface area contributed by atoms with Crippen LogP contribution in [0.5, 0.6) is 5.75 Å². The maximum absolute atomic E-state index is 8.91. The van der Waals surface area contributed by atoms with Gasteiger partial charge in [0, 0.05) is 5.46 Å². The van der Waals surface area contributed by atoms with E-state index in [2.05, 4.69) is 15.9 Å². The molecule has 0 heterocycles. The third-order valence-corrected chi connectivity index (χ3v) is 2.10. The molecule has 0 bridgehead atoms. The number of ether oxygens (including phenoxy) is 1. The summed E-state index contributed by atoms with van der Waals surface area (Å²) in [5, 5.41) is 17.8. The highest BCUT2D eigenvalue weighted by Crippen LogP contribution is 2.21. The van der Waals surface area contributed by atoms with Gasteiger partial charge in [0.05, 0.1) is 11.6 Å². The van der Waals surface area contributed by atoms with Crippen LogP contribution in [0.1, 0.15) is 0 Å². The summed E-state index contributed by atoms with van der Waals surface area (Å²) < 4.78 is 5.67. The standard InChI is InChI=1S/C7H8BBrO3/c1-12-7-5(8(10)11)3-2-4-6(7)9/h2-4,10-11H,1H3. The van der Waals surface area contributed by atoms with Gasteiger partial charge >= 0.3 is 7.12 Å². The van der Waals surface area contributed by atoms with Crippen molar-refractivity contribution >= 4 is 28.5 Å². The fourth-order valence-electron chi connectivity index (χ4n) is 0.944. The van der Waals surface area contributed by atoms with E-state index in [-0.39, 0.29) is 0 Å². The Balaban J connectivity index is 3.18. The van der Waals surface area contributed by atoms with Gasteiger partial charge in [-0.3, -0.25) is 0 Å². The number of hydrogen-bond donors (Lipinski definition) is 2. The first-order valence-corrected chi connectivity index (χ1v) is 4.14. The van der Waals surface area contributed by atoms with Crippen LogP contribution in [0.25, 0.3) is 0 Å². The molecular weight excluding hydrogens is 223 g/mol. The second-order valence-electron chi connectivity index (χ2n) is 2.24. The Morgan fingerprint density at radius 2 is 2.08 bits per heavy atom. The zero-order valence-corrected chi connectivity index (χ0v) is 8.08. The molecule has 1 rings (SSSR count). The molecule has 3 nitrogen and oxygen atoms in total. The molecule has 2 N–H and O–H groups in total. The minimum Gasteiger partial charge on any atom is -0.496 e. The van der Waals surface area contributed by atoms with Crippen LogP contribution in [0.3, 0.4) is 0 Å². The first-order chi connectivity index (χ1) is 5.66. The van der Waals surface area contributed by atoms with Crippen LogP contribution in [-0.4, -0.2) is 24.3 Å². The summed E-state index contributed by atoms with van der Waals surface area (Å²) in [6.45, 7) is 0. The van der Waals surface area contributed by atoms with Crippen molar-refractivity contribution in [1.82, 2.24) is 0 Å². The van der Waals surface area contributed by atoms with Crippen molar-refractivity contribution < 1.29 is 14.8 Å². The Morgan fingerprint density at radius 3 is 2.50 bits per heavy atom. The molecule has 1 aromatic rings. The fraction of sp³-hybridized carbons (Fsp3) is 0.143. The lowest BCUT2D eigenvalue weighted by atomic mass is 9.80. The lowest BCUT2D eigenvalue weighted by Crippen LogP contribution is -2.31. The summed E-state index contributed by atoms with van der Waals surface area (Å²) in [6, 6.07) is 5.07. The van der Waals surface area contributed by atoms with Crippen molar-refractivity contribution in [3.8, 4) is 5.75 Å². The zero-order valence-electron chi connectivity index (χ0n) is 6.49. The molecule has 12 heavy (non-hydrogen) atoms. The minimum absolute atomic E-state index is 0.354. The molecule has 0 atom stereocenters. The zero-order chi connectivity index (χ0) is 9.14. The molecule has 0 aliphatic carbocycles. The second-order valence-corrected chi connectivity index (χ2v) is 3.09. The van der Waals surface area contributed by atoms with Gasteiger partial charge in [-0.1, -0.05) is 12.1 Å². The molecule has 0 aliphatic rings. The Labute approximate surface area is 79.3 Å². The molecule has 0 amide bonds. The SMILES string of the molecule is COc1c(Br)cccc1B(O)O. The molecule has 0 aromatic heterocycles. The third-order valence-electron chi connectivity index (χ3n) is 1.48. The Hall–Kier alpha value is -0.515. The second kappa shape index (κ2) is 3.93. The van der Waals surface area contributed by atoms with Gasteiger partial charge in [0.25, 0.3) is 0 Å². The highest BCUT2D eigenvalue weighted by molar-refractivity contribution is 9.10. The molecular formula is C7H8BBrO3. The van der Waals surface area contributed by atoms with E-state index in [1.165, 1.54) is 7.11 Å². The summed E-state index contributed by atoms with van der Waals surface area (Å²) in [7, 11) is -0.0242. The van der Waals surface area contributed by atoms with E-state index in [1.54, 1.807) is 18.2 Å². The van der Waals surface area contributed by atoms with Crippen LogP contribution in [-0.2, 0) is 0 Å². The molecule has 1 aromatic carbocycles. The summed E-state index contributed by atoms with van der Waals surface area (Å²) in [5.74, 6) is 0.451. The van der Waals surface area contributed by atoms with E-state index in [1.807, 2.05) is 0 Å². The average molecular weight is 231 g/mol. The Morgan fingerprint density at radius 1 is 1.42 bits per heavy atom. The smallest absolute Gasteiger partial charge is 0.492 e. The summed E-state index contributed by atoms with van der Waals surface area (Å²) >= 11 is 3.23. The molecule has 0 radical (unpaired) electrons. The average Bonchev–Trinajstić information content (AvgIpc) is 2.03. The van der Waals surface area contributed by atoms with E-state index in [0.717, 1.165) is 0 Å². The molecule has 5 heteroatoms. The van der Waals surface area contributed by atoms with E-state index in [0.29, 0.717) is 15.7 Å². The highest BCUT2D eigenvalue weighted by Gasteiger charge is 2.17. The van der Waals surface area contributed by atoms with E-state index in [4.69, 9.17) is 14.8 Å². The molecule has 0 saturated carbocycles. The van der Waals surface area contributed by atoms with Crippen LogP contribution in [0.2, 0.25) is 0 Å². The van der Waals surface area contributed by atoms with Gasteiger partial charge in [-0.2, -0.15) is 0 Å². The van der Waals surface area contributed by atoms with Gasteiger partial charge < -0.3 is 14.8 Å². The van der Waals surface area contributed by atoms with Gasteiger partial charge in [-0.05, 0) is 22.0 Å². The van der Waals surface area contributed by atoms with Gasteiger partial charge in [-0.15, -0.1) is 0 Å². The monoisotopic (exact) mass is 230 g/mol. The molecule has 0 unspecified atom stereocenters. The first-order valence-electron chi connectivity index (χ1n) is 3.35. The first kappa shape index (κ1) is 9.57. The number of hydrogen-bond acceptors (Lipinski definition) is 3. The minimum atomic E-state index is -1.50. The van der Waals surface area contributed by atoms with Crippen molar-refractivity contribution in [3.05, 3.63) is 22.7 Å². The lowest BCUT2D eigenvalue weighted by molar-refractivity contribution is 0.401. The fourth-order valence-corrected chi connectivity index (χ4v) is 1.49. The predicted octanol–water partition coefficient (Wildman–Crippen LogP) is 0.137. The van der Waals surface area contributed by atoms with Crippen LogP contribution < -0.4 is 10.2 Å². The molecule has 64 valence electrons. The predicted molar refractivity (Wildman–Crippen MR) is 50.5 cm³/mol. The third kappa shape index (κ3) is 1.80. The van der Waals surface area contributed by atoms with E-state index >= 15 is 0 Å². The van der Waals surface area contributed by atoms with Crippen molar-refractivity contribution in [2.75, 3.05) is 7.11 Å². The maximum atomic E-state index is 8.91. The summed E-state index contributed by atoms with van der Waals surface area (Å²) in [5.41, 5.74) is 0.354. The quantitative estimate of drug-likeness (QED) is 0.711. The van der Waals surface area contributed by atoms with Crippen LogP contribution in [0.4, 0.5) is 0 Å². The van der Waals surface area contributed by atoms with Crippen LogP contribution in [0, 0.1) is 0 Å². The maximum Gasteiger partial charge on any atom is 0.492 e. The number of rotatable bonds is 2. The van der Waals surface area contributed by atoms with Crippen molar-refractivity contribution in [2.24, 2.45) is 0 Å². The number of benzene rings is 1. The lowest BCUT2D eigenvalue weighted by Gasteiger charge is -2.08. The van der Waals surface area contributed by atoms with Crippen LogP contribution in [0.15, 0.2) is 22.7 Å². The van der Waals surface area contributed by atoms with Crippen molar-refractivity contribution in [1.29, 1.82) is 0 Å². The summed E-state index contributed by atoms with van der Waals surface area (Å²) in [6.07, 6.45) is 0. The number of halogens is 1. The van der Waals surface area contributed by atoms with Crippen molar-refractivity contribution in [2.45, 2.75) is 0 Å². The van der Waals surface area contributed by atoms with Crippen molar-refractivity contribution in [3.63, 3.8) is 0 Å². The highest BCUT2D eigenvalue weighted by atomic mass is 79.9. The van der Waals surface area contributed by atoms with E-state index < -0.39 is 7.12 Å². The Bertz CT molecular complexity index is 277. The molecule has 0 spiro atoms. The molecule has 0 aliphatic heterocycles. The van der Waals surface area contributed by atoms with Gasteiger partial charge in [-0.25, -0.2) is 0 Å². The van der Waals surface area contributed by atoms with Gasteiger partial charge in [0.2, 0.25) is 0 Å². The largest absolute Gasteiger partial charge is 0.496 e. The topological polar surface area (TPSA) is 49.7 Å². The van der Waals surface area contributed by atoms with Gasteiger partial charge in [0.15, 0.2) is 0 Å². The normalized spacial score (nSPS) is 9.67. The summed E-state index contributed by atoms with van der Waals surface area (Å²) in [4.78, 5) is 0. The number of methoxy groups -OCH3 is 1. The molecule has 0 saturated heterocycles. The van der Waals surface area contributed by atoms with E-state index in [9.17, 15) is 0 Å². The Kier molecular flexibility index (Phi) is 3.14. The number of para-hydroxylation sites is 1. The van der Waals surface area contributed by atoms with Gasteiger partial charge in [0.1, 0.15) is 5.75 Å².